The molecule has 8 heteroatoms. The Balaban J connectivity index is 2.54. The number of rotatable bonds is 5. The second-order valence-corrected chi connectivity index (χ2v) is 7.48. The number of amides is 1. The molecule has 2 aromatic carbocycles. The van der Waals surface area contributed by atoms with Gasteiger partial charge in [-0.1, -0.05) is 29.8 Å². The number of anilines is 1. The quantitative estimate of drug-likeness (QED) is 0.813. The first-order valence-corrected chi connectivity index (χ1v) is 8.78. The van der Waals surface area contributed by atoms with Crippen LogP contribution in [0.3, 0.4) is 0 Å². The third-order valence-corrected chi connectivity index (χ3v) is 5.38. The number of hydrogen-bond acceptors (Lipinski definition) is 3. The van der Waals surface area contributed by atoms with E-state index in [0.717, 1.165) is 10.4 Å². The minimum Gasteiger partial charge on any atom is -0.347 e. The van der Waals surface area contributed by atoms with Crippen molar-refractivity contribution in [2.24, 2.45) is 0 Å². The normalized spacial score (nSPS) is 11.2. The Morgan fingerprint density at radius 1 is 1.12 bits per heavy atom. The summed E-state index contributed by atoms with van der Waals surface area (Å²) in [5.41, 5.74) is 0.112. The van der Waals surface area contributed by atoms with E-state index in [1.54, 1.807) is 18.2 Å². The summed E-state index contributed by atoms with van der Waals surface area (Å²) >= 11 is 5.76. The van der Waals surface area contributed by atoms with Crippen LogP contribution in [0, 0.1) is 5.82 Å². The maximum atomic E-state index is 13.4. The van der Waals surface area contributed by atoms with Crippen LogP contribution < -0.4 is 4.31 Å². The van der Waals surface area contributed by atoms with Crippen molar-refractivity contribution in [3.8, 4) is 0 Å². The molecule has 0 fully saturated rings. The fourth-order valence-electron chi connectivity index (χ4n) is 1.94. The number of halogens is 2. The summed E-state index contributed by atoms with van der Waals surface area (Å²) in [5, 5.41) is -0.224. The lowest BCUT2D eigenvalue weighted by molar-refractivity contribution is -0.127. The molecule has 1 amide bonds. The summed E-state index contributed by atoms with van der Waals surface area (Å²) in [6.07, 6.45) is 0. The van der Waals surface area contributed by atoms with E-state index in [-0.39, 0.29) is 15.6 Å². The Kier molecular flexibility index (Phi) is 5.46. The van der Waals surface area contributed by atoms with E-state index >= 15 is 0 Å². The van der Waals surface area contributed by atoms with Crippen LogP contribution >= 0.6 is 11.6 Å². The van der Waals surface area contributed by atoms with Crippen LogP contribution in [0.1, 0.15) is 0 Å². The topological polar surface area (TPSA) is 57.7 Å². The van der Waals surface area contributed by atoms with Gasteiger partial charge in [-0.05, 0) is 30.3 Å². The van der Waals surface area contributed by atoms with Crippen molar-refractivity contribution < 1.29 is 17.6 Å². The molecule has 0 bridgehead atoms. The van der Waals surface area contributed by atoms with Gasteiger partial charge in [-0.2, -0.15) is 0 Å². The number of nitrogens with zero attached hydrogens (tertiary/aromatic N) is 2. The van der Waals surface area contributed by atoms with Crippen molar-refractivity contribution in [3.05, 3.63) is 59.4 Å². The third-order valence-electron chi connectivity index (χ3n) is 3.30. The molecule has 128 valence electrons. The molecular formula is C16H16ClFN2O3S. The molecular weight excluding hydrogens is 355 g/mol. The van der Waals surface area contributed by atoms with Crippen LogP contribution in [0.25, 0.3) is 0 Å². The highest BCUT2D eigenvalue weighted by Gasteiger charge is 2.28. The molecule has 0 atom stereocenters. The average molecular weight is 371 g/mol. The third kappa shape index (κ3) is 3.85. The Morgan fingerprint density at radius 3 is 2.29 bits per heavy atom. The number of likely N-dealkylation sites (N-methyl/N-ethyl adjacent to an activating group) is 1. The average Bonchev–Trinajstić information content (AvgIpc) is 2.55. The van der Waals surface area contributed by atoms with Gasteiger partial charge >= 0.3 is 0 Å². The first-order chi connectivity index (χ1) is 11.2. The Hall–Kier alpha value is -2.12. The van der Waals surface area contributed by atoms with Crippen LogP contribution in [-0.2, 0) is 14.8 Å². The van der Waals surface area contributed by atoms with Crippen molar-refractivity contribution in [2.75, 3.05) is 24.9 Å². The minimum atomic E-state index is -4.01. The second kappa shape index (κ2) is 7.19. The molecule has 0 aliphatic carbocycles. The second-order valence-electron chi connectivity index (χ2n) is 5.21. The predicted octanol–water partition coefficient (Wildman–Crippen LogP) is 2.76. The number of hydrogen-bond donors (Lipinski definition) is 0. The van der Waals surface area contributed by atoms with Gasteiger partial charge in [-0.3, -0.25) is 9.10 Å². The van der Waals surface area contributed by atoms with Crippen LogP contribution in [0.2, 0.25) is 5.02 Å². The zero-order valence-electron chi connectivity index (χ0n) is 13.1. The number of sulfonamides is 1. The molecule has 0 aliphatic rings. The van der Waals surface area contributed by atoms with Crippen molar-refractivity contribution in [1.29, 1.82) is 0 Å². The van der Waals surface area contributed by atoms with Crippen LogP contribution in [0.5, 0.6) is 0 Å². The monoisotopic (exact) mass is 370 g/mol. The molecule has 0 N–H and O–H groups in total. The van der Waals surface area contributed by atoms with Crippen LogP contribution in [0.15, 0.2) is 53.4 Å². The maximum absolute atomic E-state index is 13.4. The van der Waals surface area contributed by atoms with Crippen molar-refractivity contribution >= 4 is 33.2 Å². The van der Waals surface area contributed by atoms with E-state index in [2.05, 4.69) is 0 Å². The molecule has 0 heterocycles. The summed E-state index contributed by atoms with van der Waals surface area (Å²) in [5.74, 6) is -1.09. The number of carbonyl (C=O) groups excluding carboxylic acids is 1. The molecule has 0 radical (unpaired) electrons. The van der Waals surface area contributed by atoms with Gasteiger partial charge in [-0.15, -0.1) is 0 Å². The van der Waals surface area contributed by atoms with Gasteiger partial charge in [0, 0.05) is 14.1 Å². The lowest BCUT2D eigenvalue weighted by atomic mass is 10.3. The molecule has 0 saturated carbocycles. The van der Waals surface area contributed by atoms with E-state index in [1.165, 1.54) is 43.3 Å². The molecule has 2 rings (SSSR count). The van der Waals surface area contributed by atoms with Gasteiger partial charge in [0.05, 0.1) is 15.6 Å². The van der Waals surface area contributed by atoms with E-state index in [1.807, 2.05) is 0 Å². The Morgan fingerprint density at radius 2 is 1.75 bits per heavy atom. The Bertz CT molecular complexity index is 842. The van der Waals surface area contributed by atoms with Gasteiger partial charge in [0.1, 0.15) is 12.4 Å². The van der Waals surface area contributed by atoms with Crippen molar-refractivity contribution in [3.63, 3.8) is 0 Å². The summed E-state index contributed by atoms with van der Waals surface area (Å²) in [6, 6.07) is 11.2. The van der Waals surface area contributed by atoms with Gasteiger partial charge < -0.3 is 4.90 Å². The molecule has 0 aliphatic heterocycles. The first-order valence-electron chi connectivity index (χ1n) is 6.96. The molecule has 24 heavy (non-hydrogen) atoms. The first kappa shape index (κ1) is 18.2. The molecule has 2 aromatic rings. The highest BCUT2D eigenvalue weighted by molar-refractivity contribution is 7.92. The van der Waals surface area contributed by atoms with Gasteiger partial charge in [0.15, 0.2) is 0 Å². The minimum absolute atomic E-state index is 0.0250. The maximum Gasteiger partial charge on any atom is 0.264 e. The summed E-state index contributed by atoms with van der Waals surface area (Å²) in [6.45, 7) is -0.424. The molecule has 0 aromatic heterocycles. The lowest BCUT2D eigenvalue weighted by Crippen LogP contribution is -2.40. The van der Waals surface area contributed by atoms with E-state index in [4.69, 9.17) is 11.6 Å². The molecule has 0 spiro atoms. The Labute approximate surface area is 145 Å². The predicted molar refractivity (Wildman–Crippen MR) is 91.1 cm³/mol. The lowest BCUT2D eigenvalue weighted by Gasteiger charge is -2.25. The highest BCUT2D eigenvalue weighted by Crippen LogP contribution is 2.27. The van der Waals surface area contributed by atoms with E-state index in [9.17, 15) is 17.6 Å². The fraction of sp³-hybridized carbons (Fsp3) is 0.188. The molecule has 0 saturated heterocycles. The van der Waals surface area contributed by atoms with Gasteiger partial charge in [-0.25, -0.2) is 12.8 Å². The number of benzene rings is 2. The molecule has 5 nitrogen and oxygen atoms in total. The zero-order valence-corrected chi connectivity index (χ0v) is 14.7. The largest absolute Gasteiger partial charge is 0.347 e. The van der Waals surface area contributed by atoms with E-state index < -0.39 is 28.3 Å². The van der Waals surface area contributed by atoms with Gasteiger partial charge in [0.2, 0.25) is 5.91 Å². The molecule has 0 unspecified atom stereocenters. The van der Waals surface area contributed by atoms with Gasteiger partial charge in [0.25, 0.3) is 10.0 Å². The van der Waals surface area contributed by atoms with Crippen LogP contribution in [0.4, 0.5) is 10.1 Å². The van der Waals surface area contributed by atoms with E-state index in [0.29, 0.717) is 0 Å². The highest BCUT2D eigenvalue weighted by atomic mass is 35.5. The van der Waals surface area contributed by atoms with Crippen molar-refractivity contribution in [1.82, 2.24) is 4.90 Å². The number of carbonyl (C=O) groups is 1. The summed E-state index contributed by atoms with van der Waals surface area (Å²) in [4.78, 5) is 13.4. The van der Waals surface area contributed by atoms with Crippen LogP contribution in [-0.4, -0.2) is 39.9 Å². The smallest absolute Gasteiger partial charge is 0.264 e. The SMILES string of the molecule is CN(C)C(=O)CN(c1ccc(F)c(Cl)c1)S(=O)(=O)c1ccccc1. The standard InChI is InChI=1S/C16H16ClFN2O3S/c1-19(2)16(21)11-20(12-8-9-15(18)14(17)10-12)24(22,23)13-6-4-3-5-7-13/h3-10H,11H2,1-2H3. The fourth-order valence-corrected chi connectivity index (χ4v) is 3.54. The van der Waals surface area contributed by atoms with Crippen molar-refractivity contribution in [2.45, 2.75) is 4.90 Å². The zero-order chi connectivity index (χ0) is 17.9. The summed E-state index contributed by atoms with van der Waals surface area (Å²) in [7, 11) is -0.965. The summed E-state index contributed by atoms with van der Waals surface area (Å²) < 4.78 is 40.1.